The summed E-state index contributed by atoms with van der Waals surface area (Å²) in [4.78, 5) is 27.0. The Labute approximate surface area is 116 Å². The third-order valence-electron chi connectivity index (χ3n) is 3.61. The van der Waals surface area contributed by atoms with Gasteiger partial charge in [0.1, 0.15) is 5.15 Å². The van der Waals surface area contributed by atoms with Crippen molar-refractivity contribution in [3.05, 3.63) is 31.6 Å². The predicted molar refractivity (Wildman–Crippen MR) is 74.1 cm³/mol. The monoisotopic (exact) mass is 286 g/mol. The fourth-order valence-corrected chi connectivity index (χ4v) is 2.94. The van der Waals surface area contributed by atoms with Crippen LogP contribution in [0.4, 0.5) is 0 Å². The molecule has 1 aromatic rings. The molecular weight excluding hydrogens is 268 g/mol. The van der Waals surface area contributed by atoms with Gasteiger partial charge in [0.2, 0.25) is 0 Å². The van der Waals surface area contributed by atoms with Crippen LogP contribution in [0.5, 0.6) is 0 Å². The Hall–Kier alpha value is -1.07. The number of nitrogens with one attached hydrogen (secondary N) is 1. The lowest BCUT2D eigenvalue weighted by molar-refractivity contribution is 0.0704. The van der Waals surface area contributed by atoms with Crippen LogP contribution in [-0.4, -0.2) is 22.3 Å². The fourth-order valence-electron chi connectivity index (χ4n) is 2.56. The normalized spacial score (nSPS) is 21.0. The molecule has 1 N–H and O–H groups in total. The standard InChI is InChI=1S/C13H19ClN2O3/c1-7(2)10-11(14)15-13(18)16(12(10)17)8(3)9-5-4-6-19-9/h7-9H,4-6H2,1-3H3,(H,15,18). The molecule has 106 valence electrons. The van der Waals surface area contributed by atoms with Gasteiger partial charge in [-0.05, 0) is 25.7 Å². The van der Waals surface area contributed by atoms with Gasteiger partial charge in [0, 0.05) is 6.61 Å². The maximum absolute atomic E-state index is 12.5. The number of aromatic nitrogens is 2. The maximum atomic E-state index is 12.5. The highest BCUT2D eigenvalue weighted by Gasteiger charge is 2.27. The molecule has 5 nitrogen and oxygen atoms in total. The van der Waals surface area contributed by atoms with Gasteiger partial charge in [0.25, 0.3) is 5.56 Å². The van der Waals surface area contributed by atoms with E-state index in [1.165, 1.54) is 4.57 Å². The van der Waals surface area contributed by atoms with Crippen molar-refractivity contribution in [2.24, 2.45) is 0 Å². The number of halogens is 1. The molecule has 1 aliphatic heterocycles. The van der Waals surface area contributed by atoms with Crippen LogP contribution in [0, 0.1) is 0 Å². The van der Waals surface area contributed by atoms with Crippen molar-refractivity contribution in [3.63, 3.8) is 0 Å². The van der Waals surface area contributed by atoms with Gasteiger partial charge in [-0.2, -0.15) is 0 Å². The molecule has 0 spiro atoms. The van der Waals surface area contributed by atoms with E-state index in [2.05, 4.69) is 4.98 Å². The molecule has 2 unspecified atom stereocenters. The van der Waals surface area contributed by atoms with E-state index in [9.17, 15) is 9.59 Å². The van der Waals surface area contributed by atoms with Crippen LogP contribution < -0.4 is 11.2 Å². The zero-order valence-corrected chi connectivity index (χ0v) is 12.2. The summed E-state index contributed by atoms with van der Waals surface area (Å²) in [5.41, 5.74) is -0.333. The fraction of sp³-hybridized carbons (Fsp3) is 0.692. The minimum absolute atomic E-state index is 0.0419. The van der Waals surface area contributed by atoms with Crippen LogP contribution in [0.3, 0.4) is 0 Å². The molecular formula is C13H19ClN2O3. The Morgan fingerprint density at radius 2 is 2.05 bits per heavy atom. The average Bonchev–Trinajstić information content (AvgIpc) is 2.80. The van der Waals surface area contributed by atoms with E-state index in [4.69, 9.17) is 16.3 Å². The summed E-state index contributed by atoms with van der Waals surface area (Å²) in [6, 6.07) is -0.284. The number of hydrogen-bond donors (Lipinski definition) is 1. The molecule has 0 aromatic carbocycles. The highest BCUT2D eigenvalue weighted by Crippen LogP contribution is 2.23. The summed E-state index contributed by atoms with van der Waals surface area (Å²) in [7, 11) is 0. The summed E-state index contributed by atoms with van der Waals surface area (Å²) in [6.07, 6.45) is 1.75. The Kier molecular flexibility index (Phi) is 4.16. The summed E-state index contributed by atoms with van der Waals surface area (Å²) < 4.78 is 6.80. The second-order valence-electron chi connectivity index (χ2n) is 5.28. The van der Waals surface area contributed by atoms with Crippen LogP contribution in [0.2, 0.25) is 5.15 Å². The third kappa shape index (κ3) is 2.62. The zero-order valence-electron chi connectivity index (χ0n) is 11.4. The van der Waals surface area contributed by atoms with Gasteiger partial charge in [-0.15, -0.1) is 0 Å². The van der Waals surface area contributed by atoms with E-state index in [-0.39, 0.29) is 28.8 Å². The van der Waals surface area contributed by atoms with Gasteiger partial charge < -0.3 is 4.74 Å². The summed E-state index contributed by atoms with van der Waals surface area (Å²) in [5, 5.41) is 0.140. The minimum Gasteiger partial charge on any atom is -0.376 e. The lowest BCUT2D eigenvalue weighted by Crippen LogP contribution is -2.43. The van der Waals surface area contributed by atoms with Gasteiger partial charge >= 0.3 is 5.69 Å². The summed E-state index contributed by atoms with van der Waals surface area (Å²) >= 11 is 5.97. The highest BCUT2D eigenvalue weighted by molar-refractivity contribution is 6.30. The maximum Gasteiger partial charge on any atom is 0.329 e. The number of ether oxygens (including phenoxy) is 1. The van der Waals surface area contributed by atoms with Crippen molar-refractivity contribution in [1.29, 1.82) is 0 Å². The molecule has 19 heavy (non-hydrogen) atoms. The molecule has 2 heterocycles. The summed E-state index contributed by atoms with van der Waals surface area (Å²) in [6.45, 7) is 6.28. The molecule has 2 rings (SSSR count). The Bertz CT molecular complexity index is 570. The first kappa shape index (κ1) is 14.3. The number of rotatable bonds is 3. The van der Waals surface area contributed by atoms with Gasteiger partial charge in [0.05, 0.1) is 17.7 Å². The van der Waals surface area contributed by atoms with Crippen molar-refractivity contribution in [3.8, 4) is 0 Å². The average molecular weight is 287 g/mol. The quantitative estimate of drug-likeness (QED) is 0.865. The first-order valence-electron chi connectivity index (χ1n) is 6.59. The van der Waals surface area contributed by atoms with Crippen molar-refractivity contribution >= 4 is 11.6 Å². The van der Waals surface area contributed by atoms with E-state index >= 15 is 0 Å². The molecule has 1 saturated heterocycles. The van der Waals surface area contributed by atoms with Gasteiger partial charge in [-0.25, -0.2) is 4.79 Å². The van der Waals surface area contributed by atoms with Crippen LogP contribution in [0.1, 0.15) is 51.1 Å². The van der Waals surface area contributed by atoms with Crippen molar-refractivity contribution in [2.75, 3.05) is 6.61 Å². The summed E-state index contributed by atoms with van der Waals surface area (Å²) in [5.74, 6) is -0.0419. The van der Waals surface area contributed by atoms with Crippen LogP contribution in [-0.2, 0) is 4.74 Å². The second kappa shape index (κ2) is 5.51. The largest absolute Gasteiger partial charge is 0.376 e. The van der Waals surface area contributed by atoms with E-state index in [1.807, 2.05) is 20.8 Å². The van der Waals surface area contributed by atoms with Crippen LogP contribution in [0.15, 0.2) is 9.59 Å². The first-order valence-corrected chi connectivity index (χ1v) is 6.97. The Balaban J connectivity index is 2.53. The Morgan fingerprint density at radius 1 is 1.37 bits per heavy atom. The highest BCUT2D eigenvalue weighted by atomic mass is 35.5. The number of aromatic amines is 1. The number of H-pyrrole nitrogens is 1. The lowest BCUT2D eigenvalue weighted by atomic mass is 10.1. The molecule has 2 atom stereocenters. The third-order valence-corrected chi connectivity index (χ3v) is 3.91. The van der Waals surface area contributed by atoms with Gasteiger partial charge in [0.15, 0.2) is 0 Å². The van der Waals surface area contributed by atoms with Crippen molar-refractivity contribution in [2.45, 2.75) is 51.7 Å². The number of nitrogens with zero attached hydrogens (tertiary/aromatic N) is 1. The lowest BCUT2D eigenvalue weighted by Gasteiger charge is -2.21. The second-order valence-corrected chi connectivity index (χ2v) is 5.66. The van der Waals surface area contributed by atoms with Crippen LogP contribution in [0.25, 0.3) is 0 Å². The Morgan fingerprint density at radius 3 is 2.58 bits per heavy atom. The topological polar surface area (TPSA) is 64.1 Å². The van der Waals surface area contributed by atoms with Crippen molar-refractivity contribution in [1.82, 2.24) is 9.55 Å². The van der Waals surface area contributed by atoms with Crippen LogP contribution >= 0.6 is 11.6 Å². The molecule has 6 heteroatoms. The smallest absolute Gasteiger partial charge is 0.329 e. The van der Waals surface area contributed by atoms with Crippen molar-refractivity contribution < 1.29 is 4.74 Å². The van der Waals surface area contributed by atoms with Gasteiger partial charge in [-0.3, -0.25) is 14.3 Å². The molecule has 1 aliphatic rings. The van der Waals surface area contributed by atoms with E-state index in [0.717, 1.165) is 12.8 Å². The first-order chi connectivity index (χ1) is 8.93. The number of hydrogen-bond acceptors (Lipinski definition) is 3. The molecule has 1 aromatic heterocycles. The zero-order chi connectivity index (χ0) is 14.2. The minimum atomic E-state index is -0.470. The van der Waals surface area contributed by atoms with E-state index in [0.29, 0.717) is 12.2 Å². The van der Waals surface area contributed by atoms with Gasteiger partial charge in [-0.1, -0.05) is 25.4 Å². The molecule has 0 aliphatic carbocycles. The molecule has 1 fully saturated rings. The van der Waals surface area contributed by atoms with E-state index in [1.54, 1.807) is 0 Å². The van der Waals surface area contributed by atoms with E-state index < -0.39 is 5.69 Å². The molecule has 0 radical (unpaired) electrons. The predicted octanol–water partition coefficient (Wildman–Crippen LogP) is 2.05. The molecule has 0 bridgehead atoms. The molecule has 0 amide bonds. The SMILES string of the molecule is CC(C)c1c(Cl)[nH]c(=O)n(C(C)C2CCCO2)c1=O. The molecule has 0 saturated carbocycles.